The number of amidine groups is 1. The summed E-state index contributed by atoms with van der Waals surface area (Å²) in [5, 5.41) is 14.6. The van der Waals surface area contributed by atoms with E-state index in [4.69, 9.17) is 10.00 Å². The SMILES string of the molecule is CSC(=Nc1ccc(C(=O)Nc2ccccc2Oc2ccccc2)cc1)NC#N. The number of amides is 1. The summed E-state index contributed by atoms with van der Waals surface area (Å²) in [7, 11) is 0. The minimum absolute atomic E-state index is 0.259. The molecule has 0 saturated carbocycles. The van der Waals surface area contributed by atoms with Crippen molar-refractivity contribution >= 4 is 34.2 Å². The zero-order valence-corrected chi connectivity index (χ0v) is 16.4. The number of nitrogens with one attached hydrogen (secondary N) is 2. The first-order valence-corrected chi connectivity index (χ1v) is 9.93. The molecule has 0 spiro atoms. The number of nitriles is 1. The minimum atomic E-state index is -0.259. The first kappa shape index (κ1) is 20.0. The first-order valence-electron chi connectivity index (χ1n) is 8.70. The van der Waals surface area contributed by atoms with Gasteiger partial charge in [0.25, 0.3) is 5.91 Å². The third-order valence-corrected chi connectivity index (χ3v) is 4.40. The lowest BCUT2D eigenvalue weighted by molar-refractivity contribution is 0.102. The van der Waals surface area contributed by atoms with Crippen LogP contribution >= 0.6 is 11.8 Å². The van der Waals surface area contributed by atoms with Crippen molar-refractivity contribution in [1.29, 1.82) is 5.26 Å². The molecule has 144 valence electrons. The van der Waals surface area contributed by atoms with Gasteiger partial charge in [-0.1, -0.05) is 42.1 Å². The molecule has 2 N–H and O–H groups in total. The molecule has 0 radical (unpaired) electrons. The Morgan fingerprint density at radius 1 is 1.00 bits per heavy atom. The Kier molecular flexibility index (Phi) is 6.87. The number of benzene rings is 3. The van der Waals surface area contributed by atoms with E-state index < -0.39 is 0 Å². The molecule has 0 aliphatic heterocycles. The monoisotopic (exact) mass is 402 g/mol. The predicted molar refractivity (Wildman–Crippen MR) is 117 cm³/mol. The quantitative estimate of drug-likeness (QED) is 0.267. The Morgan fingerprint density at radius 2 is 1.69 bits per heavy atom. The number of hydrogen-bond donors (Lipinski definition) is 2. The van der Waals surface area contributed by atoms with Crippen LogP contribution < -0.4 is 15.4 Å². The fourth-order valence-electron chi connectivity index (χ4n) is 2.45. The average Bonchev–Trinajstić information content (AvgIpc) is 2.76. The standard InChI is InChI=1S/C22H18N4O2S/c1-29-22(24-15-23)25-17-13-11-16(12-14-17)21(27)26-19-9-5-6-10-20(19)28-18-7-3-2-4-8-18/h2-14H,1H3,(H,24,25)(H,26,27). The second-order valence-electron chi connectivity index (χ2n) is 5.77. The van der Waals surface area contributed by atoms with Gasteiger partial charge in [0.2, 0.25) is 0 Å². The summed E-state index contributed by atoms with van der Waals surface area (Å²) in [6.07, 6.45) is 3.66. The fourth-order valence-corrected chi connectivity index (χ4v) is 2.79. The van der Waals surface area contributed by atoms with Crippen molar-refractivity contribution in [3.8, 4) is 17.7 Å². The van der Waals surface area contributed by atoms with E-state index in [0.29, 0.717) is 33.6 Å². The summed E-state index contributed by atoms with van der Waals surface area (Å²) in [4.78, 5) is 17.0. The van der Waals surface area contributed by atoms with Gasteiger partial charge in [-0.3, -0.25) is 10.1 Å². The van der Waals surface area contributed by atoms with Crippen LogP contribution in [0.15, 0.2) is 83.9 Å². The molecule has 29 heavy (non-hydrogen) atoms. The maximum atomic E-state index is 12.6. The van der Waals surface area contributed by atoms with Gasteiger partial charge in [-0.15, -0.1) is 0 Å². The van der Waals surface area contributed by atoms with Gasteiger partial charge in [0.1, 0.15) is 5.75 Å². The highest BCUT2D eigenvalue weighted by atomic mass is 32.2. The lowest BCUT2D eigenvalue weighted by Gasteiger charge is -2.12. The smallest absolute Gasteiger partial charge is 0.255 e. The van der Waals surface area contributed by atoms with Crippen LogP contribution in [0.1, 0.15) is 10.4 Å². The number of para-hydroxylation sites is 3. The lowest BCUT2D eigenvalue weighted by Crippen LogP contribution is -2.13. The highest BCUT2D eigenvalue weighted by Crippen LogP contribution is 2.29. The van der Waals surface area contributed by atoms with Crippen LogP contribution in [0, 0.1) is 11.5 Å². The Morgan fingerprint density at radius 3 is 2.38 bits per heavy atom. The van der Waals surface area contributed by atoms with E-state index in [0.717, 1.165) is 0 Å². The second kappa shape index (κ2) is 9.97. The van der Waals surface area contributed by atoms with E-state index in [-0.39, 0.29) is 5.91 Å². The van der Waals surface area contributed by atoms with Crippen molar-refractivity contribution in [3.63, 3.8) is 0 Å². The molecule has 0 aliphatic carbocycles. The van der Waals surface area contributed by atoms with Crippen molar-refractivity contribution < 1.29 is 9.53 Å². The van der Waals surface area contributed by atoms with Crippen LogP contribution in [0.25, 0.3) is 0 Å². The normalized spacial score (nSPS) is 10.7. The van der Waals surface area contributed by atoms with Crippen molar-refractivity contribution in [2.45, 2.75) is 0 Å². The number of nitrogens with zero attached hydrogens (tertiary/aromatic N) is 2. The molecule has 0 aromatic heterocycles. The fraction of sp³-hybridized carbons (Fsp3) is 0.0455. The third-order valence-electron chi connectivity index (χ3n) is 3.82. The Bertz CT molecular complexity index is 1040. The molecule has 0 saturated heterocycles. The zero-order valence-electron chi connectivity index (χ0n) is 15.6. The number of ether oxygens (including phenoxy) is 1. The largest absolute Gasteiger partial charge is 0.455 e. The molecule has 0 heterocycles. The first-order chi connectivity index (χ1) is 14.2. The van der Waals surface area contributed by atoms with E-state index in [2.05, 4.69) is 15.6 Å². The summed E-state index contributed by atoms with van der Waals surface area (Å²) in [5.74, 6) is 0.984. The maximum absolute atomic E-state index is 12.6. The minimum Gasteiger partial charge on any atom is -0.455 e. The average molecular weight is 402 g/mol. The van der Waals surface area contributed by atoms with E-state index >= 15 is 0 Å². The number of carbonyl (C=O) groups is 1. The molecule has 7 heteroatoms. The molecule has 3 aromatic carbocycles. The van der Waals surface area contributed by atoms with Gasteiger partial charge in [-0.25, -0.2) is 4.99 Å². The Labute approximate surface area is 173 Å². The maximum Gasteiger partial charge on any atom is 0.255 e. The second-order valence-corrected chi connectivity index (χ2v) is 6.57. The van der Waals surface area contributed by atoms with Crippen LogP contribution in [0.2, 0.25) is 0 Å². The number of anilines is 1. The summed E-state index contributed by atoms with van der Waals surface area (Å²) in [5.41, 5.74) is 1.70. The zero-order chi connectivity index (χ0) is 20.5. The highest BCUT2D eigenvalue weighted by Gasteiger charge is 2.10. The molecule has 6 nitrogen and oxygen atoms in total. The van der Waals surface area contributed by atoms with Crippen LogP contribution in [0.3, 0.4) is 0 Å². The van der Waals surface area contributed by atoms with Gasteiger partial charge in [0.15, 0.2) is 17.1 Å². The predicted octanol–water partition coefficient (Wildman–Crippen LogP) is 5.15. The Hall–Kier alpha value is -3.76. The highest BCUT2D eigenvalue weighted by molar-refractivity contribution is 8.13. The van der Waals surface area contributed by atoms with Gasteiger partial charge in [0, 0.05) is 5.56 Å². The third kappa shape index (κ3) is 5.61. The van der Waals surface area contributed by atoms with Crippen LogP contribution in [0.5, 0.6) is 11.5 Å². The molecule has 3 rings (SSSR count). The Balaban J connectivity index is 1.73. The molecule has 1 amide bonds. The van der Waals surface area contributed by atoms with Gasteiger partial charge >= 0.3 is 0 Å². The van der Waals surface area contributed by atoms with Crippen molar-refractivity contribution in [1.82, 2.24) is 5.32 Å². The van der Waals surface area contributed by atoms with Crippen molar-refractivity contribution in [2.24, 2.45) is 4.99 Å². The van der Waals surface area contributed by atoms with Crippen LogP contribution in [-0.2, 0) is 0 Å². The van der Waals surface area contributed by atoms with E-state index in [1.165, 1.54) is 11.8 Å². The van der Waals surface area contributed by atoms with Crippen LogP contribution in [-0.4, -0.2) is 17.3 Å². The summed E-state index contributed by atoms with van der Waals surface area (Å²) in [6.45, 7) is 0. The molecular weight excluding hydrogens is 384 g/mol. The van der Waals surface area contributed by atoms with Gasteiger partial charge in [0.05, 0.1) is 11.4 Å². The van der Waals surface area contributed by atoms with E-state index in [1.54, 1.807) is 36.4 Å². The molecule has 0 aliphatic rings. The molecular formula is C22H18N4O2S. The number of rotatable bonds is 5. The van der Waals surface area contributed by atoms with E-state index in [1.807, 2.05) is 54.9 Å². The number of hydrogen-bond acceptors (Lipinski definition) is 5. The molecule has 0 atom stereocenters. The van der Waals surface area contributed by atoms with Gasteiger partial charge < -0.3 is 10.1 Å². The summed E-state index contributed by atoms with van der Waals surface area (Å²) >= 11 is 1.33. The molecule has 0 unspecified atom stereocenters. The number of carbonyl (C=O) groups excluding carboxylic acids is 1. The number of aliphatic imine (C=N–C) groups is 1. The summed E-state index contributed by atoms with van der Waals surface area (Å²) < 4.78 is 5.88. The summed E-state index contributed by atoms with van der Waals surface area (Å²) in [6, 6.07) is 23.4. The van der Waals surface area contributed by atoms with E-state index in [9.17, 15) is 4.79 Å². The van der Waals surface area contributed by atoms with Crippen molar-refractivity contribution in [3.05, 3.63) is 84.4 Å². The van der Waals surface area contributed by atoms with Gasteiger partial charge in [-0.2, -0.15) is 5.26 Å². The van der Waals surface area contributed by atoms with Crippen molar-refractivity contribution in [2.75, 3.05) is 11.6 Å². The lowest BCUT2D eigenvalue weighted by atomic mass is 10.2. The molecule has 3 aromatic rings. The van der Waals surface area contributed by atoms with Crippen LogP contribution in [0.4, 0.5) is 11.4 Å². The van der Waals surface area contributed by atoms with Gasteiger partial charge in [-0.05, 0) is 54.8 Å². The molecule has 0 fully saturated rings. The topological polar surface area (TPSA) is 86.5 Å². The molecule has 0 bridgehead atoms. The number of thioether (sulfide) groups is 1.